The van der Waals surface area contributed by atoms with Crippen molar-refractivity contribution < 1.29 is 14.3 Å². The van der Waals surface area contributed by atoms with Gasteiger partial charge < -0.3 is 9.64 Å². The van der Waals surface area contributed by atoms with Gasteiger partial charge >= 0.3 is 6.09 Å². The summed E-state index contributed by atoms with van der Waals surface area (Å²) < 4.78 is 5.56. The molecule has 1 aliphatic rings. The van der Waals surface area contributed by atoms with E-state index in [9.17, 15) is 9.59 Å². The van der Waals surface area contributed by atoms with Crippen molar-refractivity contribution in [3.63, 3.8) is 0 Å². The van der Waals surface area contributed by atoms with Crippen molar-refractivity contribution in [2.24, 2.45) is 0 Å². The maximum Gasteiger partial charge on any atom is 0.410 e. The van der Waals surface area contributed by atoms with Gasteiger partial charge in [0.25, 0.3) is 0 Å². The summed E-state index contributed by atoms with van der Waals surface area (Å²) in [6, 6.07) is 17.9. The van der Waals surface area contributed by atoms with Crippen LogP contribution in [0.3, 0.4) is 0 Å². The Morgan fingerprint density at radius 2 is 1.68 bits per heavy atom. The lowest BCUT2D eigenvalue weighted by Crippen LogP contribution is -2.37. The first kappa shape index (κ1) is 20.9. The molecule has 31 heavy (non-hydrogen) atoms. The van der Waals surface area contributed by atoms with Crippen LogP contribution in [0.15, 0.2) is 54.6 Å². The van der Waals surface area contributed by atoms with Crippen molar-refractivity contribution in [1.82, 2.24) is 4.90 Å². The highest BCUT2D eigenvalue weighted by molar-refractivity contribution is 5.92. The van der Waals surface area contributed by atoms with Crippen molar-refractivity contribution >= 4 is 12.4 Å². The molecule has 0 N–H and O–H groups in total. The fourth-order valence-corrected chi connectivity index (χ4v) is 4.43. The van der Waals surface area contributed by atoms with Crippen LogP contribution in [0.25, 0.3) is 11.1 Å². The van der Waals surface area contributed by atoms with Crippen molar-refractivity contribution in [2.45, 2.75) is 40.3 Å². The van der Waals surface area contributed by atoms with Crippen LogP contribution in [0, 0.1) is 20.8 Å². The number of aryl methyl sites for hydroxylation is 1. The zero-order valence-electron chi connectivity index (χ0n) is 18.3. The van der Waals surface area contributed by atoms with Crippen molar-refractivity contribution in [1.29, 1.82) is 0 Å². The predicted molar refractivity (Wildman–Crippen MR) is 122 cm³/mol. The monoisotopic (exact) mass is 413 g/mol. The number of carbonyl (C=O) groups excluding carboxylic acids is 2. The Bertz CT molecular complexity index is 1120. The smallest absolute Gasteiger partial charge is 0.410 e. The van der Waals surface area contributed by atoms with Gasteiger partial charge in [0.2, 0.25) is 0 Å². The number of amides is 1. The van der Waals surface area contributed by atoms with Gasteiger partial charge in [-0.15, -0.1) is 0 Å². The Kier molecular flexibility index (Phi) is 5.90. The summed E-state index contributed by atoms with van der Waals surface area (Å²) >= 11 is 0. The molecule has 3 aromatic rings. The Balaban J connectivity index is 1.64. The molecule has 0 aromatic heterocycles. The molecule has 0 unspecified atom stereocenters. The Morgan fingerprint density at radius 3 is 2.35 bits per heavy atom. The lowest BCUT2D eigenvalue weighted by Gasteiger charge is -2.32. The standard InChI is InChI=1S/C27H27NO3/c1-18-9-11-22(12-10-18)26-20(3)24-15-28(14-13-23(24)19(2)25(26)16-29)27(30)31-17-21-7-5-4-6-8-21/h4-12,16H,13-15,17H2,1-3H3. The number of benzene rings is 3. The third-order valence-electron chi connectivity index (χ3n) is 6.22. The molecule has 4 heteroatoms. The Labute approximate surface area is 183 Å². The van der Waals surface area contributed by atoms with Crippen LogP contribution in [-0.4, -0.2) is 23.8 Å². The zero-order valence-corrected chi connectivity index (χ0v) is 18.3. The van der Waals surface area contributed by atoms with Crippen LogP contribution in [0.2, 0.25) is 0 Å². The highest BCUT2D eigenvalue weighted by Crippen LogP contribution is 2.37. The van der Waals surface area contributed by atoms with E-state index in [0.29, 0.717) is 13.1 Å². The second kappa shape index (κ2) is 8.76. The molecule has 1 heterocycles. The number of hydrogen-bond donors (Lipinski definition) is 0. The van der Waals surface area contributed by atoms with E-state index in [1.807, 2.05) is 44.2 Å². The molecule has 0 aliphatic carbocycles. The molecular formula is C27H27NO3. The van der Waals surface area contributed by atoms with Crippen LogP contribution in [0.1, 0.15) is 43.7 Å². The number of carbonyl (C=O) groups is 2. The molecule has 0 fully saturated rings. The molecule has 4 rings (SSSR count). The summed E-state index contributed by atoms with van der Waals surface area (Å²) in [5.74, 6) is 0. The van der Waals surface area contributed by atoms with Crippen LogP contribution in [0.4, 0.5) is 4.79 Å². The maximum absolute atomic E-state index is 12.7. The lowest BCUT2D eigenvalue weighted by atomic mass is 9.82. The largest absolute Gasteiger partial charge is 0.445 e. The van der Waals surface area contributed by atoms with E-state index in [-0.39, 0.29) is 12.7 Å². The molecule has 0 spiro atoms. The van der Waals surface area contributed by atoms with Gasteiger partial charge in [0.1, 0.15) is 6.61 Å². The van der Waals surface area contributed by atoms with Crippen LogP contribution in [-0.2, 0) is 24.3 Å². The minimum Gasteiger partial charge on any atom is -0.445 e. The average Bonchev–Trinajstić information content (AvgIpc) is 2.80. The van der Waals surface area contributed by atoms with E-state index >= 15 is 0 Å². The van der Waals surface area contributed by atoms with Crippen LogP contribution >= 0.6 is 0 Å². The summed E-state index contributed by atoms with van der Waals surface area (Å²) in [5.41, 5.74) is 9.28. The quantitative estimate of drug-likeness (QED) is 0.509. The number of rotatable bonds is 4. The zero-order chi connectivity index (χ0) is 22.0. The molecule has 0 saturated carbocycles. The number of ether oxygens (including phenoxy) is 1. The fraction of sp³-hybridized carbons (Fsp3) is 0.259. The minimum atomic E-state index is -0.303. The molecule has 0 saturated heterocycles. The van der Waals surface area contributed by atoms with Gasteiger partial charge in [-0.05, 0) is 66.1 Å². The van der Waals surface area contributed by atoms with Crippen molar-refractivity contribution in [3.8, 4) is 11.1 Å². The first-order valence-electron chi connectivity index (χ1n) is 10.6. The van der Waals surface area contributed by atoms with Gasteiger partial charge in [-0.2, -0.15) is 0 Å². The Morgan fingerprint density at radius 1 is 0.968 bits per heavy atom. The molecule has 3 aromatic carbocycles. The molecular weight excluding hydrogens is 386 g/mol. The predicted octanol–water partition coefficient (Wildman–Crippen LogP) is 5.79. The fourth-order valence-electron chi connectivity index (χ4n) is 4.43. The Hall–Kier alpha value is -3.40. The summed E-state index contributed by atoms with van der Waals surface area (Å²) in [4.78, 5) is 26.5. The normalized spacial score (nSPS) is 12.9. The molecule has 4 nitrogen and oxygen atoms in total. The summed E-state index contributed by atoms with van der Waals surface area (Å²) in [6.07, 6.45) is 1.39. The molecule has 1 amide bonds. The van der Waals surface area contributed by atoms with E-state index in [2.05, 4.69) is 31.2 Å². The third kappa shape index (κ3) is 4.11. The van der Waals surface area contributed by atoms with Crippen molar-refractivity contribution in [2.75, 3.05) is 6.54 Å². The third-order valence-corrected chi connectivity index (χ3v) is 6.22. The van der Waals surface area contributed by atoms with Crippen LogP contribution < -0.4 is 0 Å². The van der Waals surface area contributed by atoms with E-state index in [1.54, 1.807) is 4.90 Å². The molecule has 1 aliphatic heterocycles. The summed E-state index contributed by atoms with van der Waals surface area (Å²) in [7, 11) is 0. The highest BCUT2D eigenvalue weighted by atomic mass is 16.6. The SMILES string of the molecule is Cc1ccc(-c2c(C)c3c(c(C)c2C=O)CCN(C(=O)OCc2ccccc2)C3)cc1. The maximum atomic E-state index is 12.7. The topological polar surface area (TPSA) is 46.6 Å². The van der Waals surface area contributed by atoms with Gasteiger partial charge in [0.05, 0.1) is 0 Å². The number of aldehydes is 1. The average molecular weight is 414 g/mol. The second-order valence-corrected chi connectivity index (χ2v) is 8.19. The van der Waals surface area contributed by atoms with Gasteiger partial charge in [0.15, 0.2) is 6.29 Å². The molecule has 0 bridgehead atoms. The summed E-state index contributed by atoms with van der Waals surface area (Å²) in [5, 5.41) is 0. The number of fused-ring (bicyclic) bond motifs is 1. The minimum absolute atomic E-state index is 0.264. The van der Waals surface area contributed by atoms with E-state index in [1.165, 1.54) is 11.1 Å². The lowest BCUT2D eigenvalue weighted by molar-refractivity contribution is 0.0916. The van der Waals surface area contributed by atoms with E-state index in [4.69, 9.17) is 4.74 Å². The number of hydrogen-bond acceptors (Lipinski definition) is 3. The highest BCUT2D eigenvalue weighted by Gasteiger charge is 2.28. The molecule has 0 atom stereocenters. The van der Waals surface area contributed by atoms with Gasteiger partial charge in [-0.3, -0.25) is 4.79 Å². The first-order chi connectivity index (χ1) is 15.0. The molecule has 0 radical (unpaired) electrons. The second-order valence-electron chi connectivity index (χ2n) is 8.19. The molecule has 158 valence electrons. The van der Waals surface area contributed by atoms with Crippen LogP contribution in [0.5, 0.6) is 0 Å². The first-order valence-corrected chi connectivity index (χ1v) is 10.6. The summed E-state index contributed by atoms with van der Waals surface area (Å²) in [6.45, 7) is 7.47. The van der Waals surface area contributed by atoms with Gasteiger partial charge in [0, 0.05) is 18.7 Å². The van der Waals surface area contributed by atoms with Gasteiger partial charge in [-0.1, -0.05) is 60.2 Å². The van der Waals surface area contributed by atoms with Crippen molar-refractivity contribution in [3.05, 3.63) is 93.5 Å². The number of nitrogens with zero attached hydrogens (tertiary/aromatic N) is 1. The van der Waals surface area contributed by atoms with E-state index in [0.717, 1.165) is 51.7 Å². The van der Waals surface area contributed by atoms with Gasteiger partial charge in [-0.25, -0.2) is 4.79 Å². The van der Waals surface area contributed by atoms with E-state index < -0.39 is 0 Å².